The second kappa shape index (κ2) is 8.31. The van der Waals surface area contributed by atoms with Crippen LogP contribution in [0, 0.1) is 11.5 Å². The Bertz CT molecular complexity index is 413. The molecule has 1 rings (SSSR count). The molecule has 0 spiro atoms. The number of aromatic nitrogens is 2. The van der Waals surface area contributed by atoms with Crippen molar-refractivity contribution in [1.82, 2.24) is 15.1 Å². The summed E-state index contributed by atoms with van der Waals surface area (Å²) < 4.78 is 0. The summed E-state index contributed by atoms with van der Waals surface area (Å²) >= 11 is 1.71. The van der Waals surface area contributed by atoms with E-state index in [1.807, 2.05) is 25.2 Å². The fraction of sp³-hybridized carbons (Fsp3) is 0.455. The maximum Gasteiger partial charge on any atom is 0.204 e. The molecule has 1 aromatic heterocycles. The number of nitriles is 1. The van der Waals surface area contributed by atoms with Crippen LogP contribution in [0.25, 0.3) is 0 Å². The standard InChI is InChI=1S/C11H16N6S/c1-2-17(9-12)11(13)14-6-7-18-8-10-4-3-5-15-16-10/h3-5H,2,6-8H2,1H3,(H2,13,14). The zero-order valence-electron chi connectivity index (χ0n) is 10.3. The summed E-state index contributed by atoms with van der Waals surface area (Å²) in [6.45, 7) is 2.99. The van der Waals surface area contributed by atoms with Crippen molar-refractivity contribution in [1.29, 1.82) is 5.26 Å². The summed E-state index contributed by atoms with van der Waals surface area (Å²) in [6.07, 6.45) is 3.62. The number of rotatable bonds is 6. The highest BCUT2D eigenvalue weighted by molar-refractivity contribution is 7.98. The number of nitrogens with two attached hydrogens (primary N) is 1. The lowest BCUT2D eigenvalue weighted by molar-refractivity contribution is 0.599. The van der Waals surface area contributed by atoms with Crippen LogP contribution in [0.4, 0.5) is 0 Å². The van der Waals surface area contributed by atoms with Crippen LogP contribution in [-0.4, -0.2) is 39.9 Å². The lowest BCUT2D eigenvalue weighted by Gasteiger charge is -2.10. The molecule has 0 saturated carbocycles. The Balaban J connectivity index is 2.23. The molecule has 96 valence electrons. The van der Waals surface area contributed by atoms with Gasteiger partial charge in [-0.2, -0.15) is 27.2 Å². The van der Waals surface area contributed by atoms with Crippen LogP contribution in [0.1, 0.15) is 12.6 Å². The number of guanidine groups is 1. The Morgan fingerprint density at radius 1 is 1.67 bits per heavy atom. The fourth-order valence-electron chi connectivity index (χ4n) is 1.18. The van der Waals surface area contributed by atoms with Gasteiger partial charge in [0, 0.05) is 24.2 Å². The highest BCUT2D eigenvalue weighted by Crippen LogP contribution is 2.08. The third-order valence-electron chi connectivity index (χ3n) is 2.10. The molecule has 0 bridgehead atoms. The lowest BCUT2D eigenvalue weighted by Crippen LogP contribution is -2.33. The predicted octanol–water partition coefficient (Wildman–Crippen LogP) is 0.827. The van der Waals surface area contributed by atoms with Crippen LogP contribution in [0.5, 0.6) is 0 Å². The van der Waals surface area contributed by atoms with Gasteiger partial charge in [-0.15, -0.1) is 0 Å². The smallest absolute Gasteiger partial charge is 0.204 e. The predicted molar refractivity (Wildman–Crippen MR) is 72.7 cm³/mol. The van der Waals surface area contributed by atoms with Gasteiger partial charge in [-0.3, -0.25) is 4.99 Å². The molecule has 0 aliphatic carbocycles. The molecule has 2 N–H and O–H groups in total. The van der Waals surface area contributed by atoms with E-state index in [2.05, 4.69) is 15.2 Å². The number of hydrogen-bond donors (Lipinski definition) is 1. The molecule has 0 atom stereocenters. The van der Waals surface area contributed by atoms with Crippen molar-refractivity contribution in [2.24, 2.45) is 10.7 Å². The van der Waals surface area contributed by atoms with Gasteiger partial charge in [0.1, 0.15) is 0 Å². The summed E-state index contributed by atoms with van der Waals surface area (Å²) in [4.78, 5) is 5.49. The molecule has 1 heterocycles. The topological polar surface area (TPSA) is 91.2 Å². The minimum absolute atomic E-state index is 0.278. The molecule has 0 fully saturated rings. The van der Waals surface area contributed by atoms with Gasteiger partial charge in [0.15, 0.2) is 6.19 Å². The van der Waals surface area contributed by atoms with Gasteiger partial charge in [-0.05, 0) is 19.1 Å². The lowest BCUT2D eigenvalue weighted by atomic mass is 10.4. The van der Waals surface area contributed by atoms with Crippen molar-refractivity contribution in [2.45, 2.75) is 12.7 Å². The first-order valence-corrected chi connectivity index (χ1v) is 6.75. The van der Waals surface area contributed by atoms with Crippen molar-refractivity contribution in [2.75, 3.05) is 18.8 Å². The Morgan fingerprint density at radius 3 is 3.11 bits per heavy atom. The monoisotopic (exact) mass is 264 g/mol. The van der Waals surface area contributed by atoms with Gasteiger partial charge < -0.3 is 5.73 Å². The number of hydrogen-bond acceptors (Lipinski definition) is 5. The van der Waals surface area contributed by atoms with E-state index in [1.54, 1.807) is 18.0 Å². The molecule has 0 aromatic carbocycles. The van der Waals surface area contributed by atoms with Crippen molar-refractivity contribution in [3.8, 4) is 6.19 Å². The largest absolute Gasteiger partial charge is 0.369 e. The van der Waals surface area contributed by atoms with Crippen LogP contribution in [0.2, 0.25) is 0 Å². The molecular formula is C11H16N6S. The van der Waals surface area contributed by atoms with Gasteiger partial charge in [-0.1, -0.05) is 0 Å². The molecular weight excluding hydrogens is 248 g/mol. The van der Waals surface area contributed by atoms with Crippen LogP contribution in [-0.2, 0) is 5.75 Å². The summed E-state index contributed by atoms with van der Waals surface area (Å²) in [5.41, 5.74) is 6.60. The molecule has 0 aliphatic heterocycles. The molecule has 0 unspecified atom stereocenters. The minimum atomic E-state index is 0.278. The molecule has 0 saturated heterocycles. The summed E-state index contributed by atoms with van der Waals surface area (Å²) in [5, 5.41) is 16.5. The van der Waals surface area contributed by atoms with E-state index in [0.717, 1.165) is 17.2 Å². The number of nitrogens with zero attached hydrogens (tertiary/aromatic N) is 5. The Hall–Kier alpha value is -1.81. The van der Waals surface area contributed by atoms with Crippen molar-refractivity contribution in [3.05, 3.63) is 24.0 Å². The number of thioether (sulfide) groups is 1. The van der Waals surface area contributed by atoms with E-state index >= 15 is 0 Å². The maximum absolute atomic E-state index is 8.74. The van der Waals surface area contributed by atoms with E-state index in [-0.39, 0.29) is 5.96 Å². The molecule has 1 aromatic rings. The first-order valence-electron chi connectivity index (χ1n) is 5.59. The van der Waals surface area contributed by atoms with Crippen molar-refractivity contribution < 1.29 is 0 Å². The van der Waals surface area contributed by atoms with Crippen LogP contribution < -0.4 is 5.73 Å². The summed E-state index contributed by atoms with van der Waals surface area (Å²) in [5.74, 6) is 1.92. The van der Waals surface area contributed by atoms with E-state index in [0.29, 0.717) is 13.1 Å². The van der Waals surface area contributed by atoms with Gasteiger partial charge in [0.2, 0.25) is 5.96 Å². The number of aliphatic imine (C=N–C) groups is 1. The Morgan fingerprint density at radius 2 is 2.50 bits per heavy atom. The van der Waals surface area contributed by atoms with E-state index in [9.17, 15) is 0 Å². The quantitative estimate of drug-likeness (QED) is 0.269. The van der Waals surface area contributed by atoms with Crippen LogP contribution in [0.15, 0.2) is 23.3 Å². The normalized spacial score (nSPS) is 11.0. The second-order valence-electron chi connectivity index (χ2n) is 3.35. The maximum atomic E-state index is 8.74. The van der Waals surface area contributed by atoms with Crippen LogP contribution >= 0.6 is 11.8 Å². The molecule has 0 aliphatic rings. The molecule has 0 amide bonds. The van der Waals surface area contributed by atoms with E-state index in [4.69, 9.17) is 11.0 Å². The van der Waals surface area contributed by atoms with Gasteiger partial charge >= 0.3 is 0 Å². The first kappa shape index (κ1) is 14.3. The average molecular weight is 264 g/mol. The third kappa shape index (κ3) is 5.01. The van der Waals surface area contributed by atoms with Gasteiger partial charge in [0.25, 0.3) is 0 Å². The molecule has 7 heteroatoms. The zero-order chi connectivity index (χ0) is 13.2. The third-order valence-corrected chi connectivity index (χ3v) is 3.07. The molecule has 18 heavy (non-hydrogen) atoms. The fourth-order valence-corrected chi connectivity index (χ4v) is 1.91. The van der Waals surface area contributed by atoms with E-state index in [1.165, 1.54) is 4.90 Å². The van der Waals surface area contributed by atoms with E-state index < -0.39 is 0 Å². The first-order chi connectivity index (χ1) is 8.77. The molecule has 0 radical (unpaired) electrons. The zero-order valence-corrected chi connectivity index (χ0v) is 11.1. The van der Waals surface area contributed by atoms with Crippen molar-refractivity contribution in [3.63, 3.8) is 0 Å². The summed E-state index contributed by atoms with van der Waals surface area (Å²) in [6, 6.07) is 3.80. The van der Waals surface area contributed by atoms with Crippen molar-refractivity contribution >= 4 is 17.7 Å². The van der Waals surface area contributed by atoms with Gasteiger partial charge in [-0.25, -0.2) is 4.90 Å². The SMILES string of the molecule is CCN(C#N)/C(N)=N/CCSCc1cccnn1. The molecule has 6 nitrogen and oxygen atoms in total. The van der Waals surface area contributed by atoms with Crippen LogP contribution in [0.3, 0.4) is 0 Å². The Kier molecular flexibility index (Phi) is 6.58. The summed E-state index contributed by atoms with van der Waals surface area (Å²) in [7, 11) is 0. The highest BCUT2D eigenvalue weighted by Gasteiger charge is 2.02. The average Bonchev–Trinajstić information content (AvgIpc) is 2.41. The highest BCUT2D eigenvalue weighted by atomic mass is 32.2. The van der Waals surface area contributed by atoms with Gasteiger partial charge in [0.05, 0.1) is 12.2 Å². The minimum Gasteiger partial charge on any atom is -0.369 e. The Labute approximate surface area is 111 Å². The second-order valence-corrected chi connectivity index (χ2v) is 4.46.